The summed E-state index contributed by atoms with van der Waals surface area (Å²) < 4.78 is 0. The van der Waals surface area contributed by atoms with Crippen molar-refractivity contribution in [2.24, 2.45) is 17.3 Å². The second-order valence-corrected chi connectivity index (χ2v) is 6.56. The summed E-state index contributed by atoms with van der Waals surface area (Å²) in [5, 5.41) is 21.7. The molecule has 1 aromatic heterocycles. The van der Waals surface area contributed by atoms with Crippen LogP contribution in [0.2, 0.25) is 0 Å². The van der Waals surface area contributed by atoms with E-state index < -0.39 is 11.5 Å². The molecule has 2 aliphatic carbocycles. The maximum atomic E-state index is 10.9. The van der Waals surface area contributed by atoms with E-state index in [4.69, 9.17) is 0 Å². The van der Waals surface area contributed by atoms with Crippen molar-refractivity contribution in [2.45, 2.75) is 31.8 Å². The molecule has 2 aliphatic rings. The smallest absolute Gasteiger partial charge is 0.115 e. The van der Waals surface area contributed by atoms with Gasteiger partial charge in [-0.15, -0.1) is 0 Å². The van der Waals surface area contributed by atoms with E-state index in [9.17, 15) is 10.4 Å². The van der Waals surface area contributed by atoms with Gasteiger partial charge in [0.15, 0.2) is 0 Å². The highest BCUT2D eigenvalue weighted by Gasteiger charge is 2.56. The molecule has 1 aromatic carbocycles. The fraction of sp³-hybridized carbons (Fsp3) is 0.444. The average Bonchev–Trinajstić information content (AvgIpc) is 3.15. The second kappa shape index (κ2) is 4.54. The van der Waals surface area contributed by atoms with Gasteiger partial charge in [-0.2, -0.15) is 5.26 Å². The largest absolute Gasteiger partial charge is 0.385 e. The van der Waals surface area contributed by atoms with Gasteiger partial charge >= 0.3 is 0 Å². The zero-order valence-corrected chi connectivity index (χ0v) is 11.9. The molecule has 2 aromatic rings. The van der Waals surface area contributed by atoms with Crippen LogP contribution in [0.4, 0.5) is 0 Å². The minimum Gasteiger partial charge on any atom is -0.385 e. The number of para-hydroxylation sites is 1. The second-order valence-electron chi connectivity index (χ2n) is 6.56. The van der Waals surface area contributed by atoms with E-state index >= 15 is 0 Å². The topological polar surface area (TPSA) is 56.9 Å². The van der Waals surface area contributed by atoms with Gasteiger partial charge in [-0.05, 0) is 43.2 Å². The molecule has 3 nitrogen and oxygen atoms in total. The molecule has 0 aliphatic heterocycles. The quantitative estimate of drug-likeness (QED) is 0.913. The van der Waals surface area contributed by atoms with Gasteiger partial charge < -0.3 is 5.11 Å². The van der Waals surface area contributed by atoms with Gasteiger partial charge in [0.2, 0.25) is 0 Å². The van der Waals surface area contributed by atoms with E-state index in [-0.39, 0.29) is 0 Å². The van der Waals surface area contributed by atoms with Crippen LogP contribution < -0.4 is 0 Å². The Morgan fingerprint density at radius 2 is 2.10 bits per heavy atom. The van der Waals surface area contributed by atoms with Crippen molar-refractivity contribution in [3.8, 4) is 6.07 Å². The molecule has 21 heavy (non-hydrogen) atoms. The predicted octanol–water partition coefficient (Wildman–Crippen LogP) is 3.60. The molecule has 0 amide bonds. The Bertz CT molecular complexity index is 735. The lowest BCUT2D eigenvalue weighted by atomic mass is 9.69. The van der Waals surface area contributed by atoms with Crippen molar-refractivity contribution in [1.82, 2.24) is 4.98 Å². The molecule has 0 saturated heterocycles. The van der Waals surface area contributed by atoms with Gasteiger partial charge in [0.25, 0.3) is 0 Å². The van der Waals surface area contributed by atoms with Crippen LogP contribution in [0.5, 0.6) is 0 Å². The Labute approximate surface area is 124 Å². The van der Waals surface area contributed by atoms with Gasteiger partial charge in [-0.1, -0.05) is 30.7 Å². The lowest BCUT2D eigenvalue weighted by Gasteiger charge is -2.35. The number of hydrogen-bond acceptors (Lipinski definition) is 3. The minimum absolute atomic E-state index is 0.329. The number of aliphatic hydroxyl groups is 1. The van der Waals surface area contributed by atoms with Crippen LogP contribution in [0, 0.1) is 28.6 Å². The van der Waals surface area contributed by atoms with E-state index in [2.05, 4.69) is 11.1 Å². The number of aromatic nitrogens is 1. The zero-order chi connectivity index (χ0) is 14.4. The summed E-state index contributed by atoms with van der Waals surface area (Å²) in [6.45, 7) is 0. The van der Waals surface area contributed by atoms with Gasteiger partial charge in [0, 0.05) is 5.39 Å². The molecule has 106 valence electrons. The highest BCUT2D eigenvalue weighted by molar-refractivity contribution is 5.78. The predicted molar refractivity (Wildman–Crippen MR) is 80.2 cm³/mol. The molecule has 4 atom stereocenters. The molecule has 0 radical (unpaired) electrons. The fourth-order valence-electron chi connectivity index (χ4n) is 4.40. The van der Waals surface area contributed by atoms with Crippen LogP contribution in [0.3, 0.4) is 0 Å². The Morgan fingerprint density at radius 1 is 1.24 bits per heavy atom. The van der Waals surface area contributed by atoms with Crippen LogP contribution in [-0.2, 0) is 0 Å². The Morgan fingerprint density at radius 3 is 2.81 bits per heavy atom. The number of fused-ring (bicyclic) bond motifs is 3. The van der Waals surface area contributed by atoms with Crippen LogP contribution in [0.1, 0.15) is 37.5 Å². The molecule has 2 bridgehead atoms. The van der Waals surface area contributed by atoms with Gasteiger partial charge in [0.05, 0.1) is 22.7 Å². The van der Waals surface area contributed by atoms with E-state index in [1.54, 1.807) is 0 Å². The van der Waals surface area contributed by atoms with Crippen molar-refractivity contribution >= 4 is 10.9 Å². The molecular weight excluding hydrogens is 260 g/mol. The minimum atomic E-state index is -0.776. The summed E-state index contributed by atoms with van der Waals surface area (Å²) in [6.07, 6.45) is 3.43. The maximum absolute atomic E-state index is 10.9. The van der Waals surface area contributed by atoms with Gasteiger partial charge in [0.1, 0.15) is 6.10 Å². The van der Waals surface area contributed by atoms with E-state index in [1.165, 1.54) is 6.42 Å². The van der Waals surface area contributed by atoms with E-state index in [0.29, 0.717) is 17.5 Å². The highest BCUT2D eigenvalue weighted by atomic mass is 16.3. The van der Waals surface area contributed by atoms with Gasteiger partial charge in [-0.3, -0.25) is 4.98 Å². The monoisotopic (exact) mass is 278 g/mol. The molecular formula is C18H18N2O. The first kappa shape index (κ1) is 12.8. The molecule has 2 saturated carbocycles. The fourth-order valence-corrected chi connectivity index (χ4v) is 4.40. The number of pyridine rings is 1. The third kappa shape index (κ3) is 1.79. The summed E-state index contributed by atoms with van der Waals surface area (Å²) in [5.74, 6) is 0.945. The Hall–Kier alpha value is -1.92. The van der Waals surface area contributed by atoms with Crippen LogP contribution >= 0.6 is 0 Å². The summed E-state index contributed by atoms with van der Waals surface area (Å²) in [7, 11) is 0. The normalized spacial score (nSPS) is 32.2. The third-order valence-corrected chi connectivity index (χ3v) is 5.49. The van der Waals surface area contributed by atoms with E-state index in [1.807, 2.05) is 36.4 Å². The summed E-state index contributed by atoms with van der Waals surface area (Å²) in [6, 6.07) is 14.2. The summed E-state index contributed by atoms with van der Waals surface area (Å²) >= 11 is 0. The summed E-state index contributed by atoms with van der Waals surface area (Å²) in [5.41, 5.74) is 0.895. The number of aliphatic hydroxyl groups excluding tert-OH is 1. The molecule has 1 N–H and O–H groups in total. The number of rotatable bonds is 2. The lowest BCUT2D eigenvalue weighted by Crippen LogP contribution is -2.33. The van der Waals surface area contributed by atoms with Crippen molar-refractivity contribution in [3.05, 3.63) is 42.1 Å². The Kier molecular flexibility index (Phi) is 2.77. The van der Waals surface area contributed by atoms with Crippen molar-refractivity contribution in [3.63, 3.8) is 0 Å². The summed E-state index contributed by atoms with van der Waals surface area (Å²) in [4.78, 5) is 4.60. The average molecular weight is 278 g/mol. The zero-order valence-electron chi connectivity index (χ0n) is 11.9. The first-order valence-electron chi connectivity index (χ1n) is 7.68. The molecule has 4 unspecified atom stereocenters. The van der Waals surface area contributed by atoms with Crippen molar-refractivity contribution in [1.29, 1.82) is 5.26 Å². The third-order valence-electron chi connectivity index (χ3n) is 5.49. The number of hydrogen-bond donors (Lipinski definition) is 1. The number of nitriles is 1. The molecule has 2 fully saturated rings. The lowest BCUT2D eigenvalue weighted by molar-refractivity contribution is 0.0205. The highest BCUT2D eigenvalue weighted by Crippen LogP contribution is 2.60. The number of nitrogens with zero attached hydrogens (tertiary/aromatic N) is 2. The van der Waals surface area contributed by atoms with Crippen molar-refractivity contribution < 1.29 is 5.11 Å². The van der Waals surface area contributed by atoms with E-state index in [0.717, 1.165) is 30.2 Å². The Balaban J connectivity index is 1.75. The first-order chi connectivity index (χ1) is 10.2. The molecule has 1 heterocycles. The van der Waals surface area contributed by atoms with Gasteiger partial charge in [-0.25, -0.2) is 0 Å². The standard InChI is InChI=1S/C18H18N2O/c19-11-18(10-12-5-7-14(18)9-12)17(21)16-8-6-13-3-1-2-4-15(13)20-16/h1-4,6,8,12,14,17,21H,5,7,9-10H2. The molecule has 0 spiro atoms. The SMILES string of the molecule is N#CC1(C(O)c2ccc3ccccc3n2)CC2CCC1C2. The molecule has 4 rings (SSSR count). The van der Waals surface area contributed by atoms with Crippen LogP contribution in [0.25, 0.3) is 10.9 Å². The molecule has 3 heteroatoms. The van der Waals surface area contributed by atoms with Crippen LogP contribution in [-0.4, -0.2) is 10.1 Å². The van der Waals surface area contributed by atoms with Crippen molar-refractivity contribution in [2.75, 3.05) is 0 Å². The number of benzene rings is 1. The van der Waals surface area contributed by atoms with Crippen LogP contribution in [0.15, 0.2) is 36.4 Å². The maximum Gasteiger partial charge on any atom is 0.115 e. The first-order valence-corrected chi connectivity index (χ1v) is 7.68.